The van der Waals surface area contributed by atoms with Crippen LogP contribution in [0.2, 0.25) is 0 Å². The minimum atomic E-state index is -0.277. The van der Waals surface area contributed by atoms with E-state index in [4.69, 9.17) is 9.15 Å². The molecule has 0 spiro atoms. The van der Waals surface area contributed by atoms with E-state index in [0.717, 1.165) is 17.1 Å². The van der Waals surface area contributed by atoms with Crippen LogP contribution in [0, 0.1) is 5.41 Å². The number of ketones is 2. The predicted molar refractivity (Wildman–Crippen MR) is 92.5 cm³/mol. The summed E-state index contributed by atoms with van der Waals surface area (Å²) in [5, 5.41) is 0. The Kier molecular flexibility index (Phi) is 3.64. The Morgan fingerprint density at radius 2 is 1.96 bits per heavy atom. The third-order valence-electron chi connectivity index (χ3n) is 4.94. The molecule has 1 aromatic heterocycles. The summed E-state index contributed by atoms with van der Waals surface area (Å²) in [6.45, 7) is 4.14. The van der Waals surface area contributed by atoms with Crippen molar-refractivity contribution in [1.82, 2.24) is 0 Å². The Balaban J connectivity index is 1.77. The molecule has 0 N–H and O–H groups in total. The van der Waals surface area contributed by atoms with Gasteiger partial charge in [0.15, 0.2) is 17.3 Å². The van der Waals surface area contributed by atoms with Gasteiger partial charge in [0.1, 0.15) is 11.5 Å². The van der Waals surface area contributed by atoms with Gasteiger partial charge in [-0.2, -0.15) is 0 Å². The van der Waals surface area contributed by atoms with Gasteiger partial charge in [-0.1, -0.05) is 32.0 Å². The fraction of sp³-hybridized carbons (Fsp3) is 0.333. The van der Waals surface area contributed by atoms with Crippen LogP contribution in [-0.4, -0.2) is 11.6 Å². The standard InChI is InChI=1S/C21H20O4/c1-21(2)11-16(23)20-14(10-15(22)18-8-5-9-24-18)13-6-3-4-7-17(13)25-19(20)12-21/h3-9,14H,10-12H2,1-2H3. The fourth-order valence-corrected chi connectivity index (χ4v) is 3.84. The molecule has 4 rings (SSSR count). The second kappa shape index (κ2) is 5.73. The zero-order valence-electron chi connectivity index (χ0n) is 14.4. The first-order chi connectivity index (χ1) is 11.9. The molecule has 25 heavy (non-hydrogen) atoms. The van der Waals surface area contributed by atoms with Crippen LogP contribution in [0.1, 0.15) is 55.1 Å². The van der Waals surface area contributed by atoms with Crippen molar-refractivity contribution in [3.63, 3.8) is 0 Å². The largest absolute Gasteiger partial charge is 0.461 e. The predicted octanol–water partition coefficient (Wildman–Crippen LogP) is 4.67. The molecule has 1 atom stereocenters. The van der Waals surface area contributed by atoms with Gasteiger partial charge in [0.2, 0.25) is 0 Å². The summed E-state index contributed by atoms with van der Waals surface area (Å²) in [5.74, 6) is 1.49. The smallest absolute Gasteiger partial charge is 0.198 e. The highest BCUT2D eigenvalue weighted by atomic mass is 16.5. The molecule has 2 aromatic rings. The summed E-state index contributed by atoms with van der Waals surface area (Å²) >= 11 is 0. The van der Waals surface area contributed by atoms with Gasteiger partial charge >= 0.3 is 0 Å². The van der Waals surface area contributed by atoms with Crippen molar-refractivity contribution in [2.75, 3.05) is 0 Å². The highest BCUT2D eigenvalue weighted by Gasteiger charge is 2.42. The normalized spacial score (nSPS) is 21.4. The number of Topliss-reactive ketones (excluding diaryl/α,β-unsaturated/α-hetero) is 2. The van der Waals surface area contributed by atoms with E-state index in [0.29, 0.717) is 24.2 Å². The van der Waals surface area contributed by atoms with Crippen LogP contribution in [0.4, 0.5) is 0 Å². The maximum Gasteiger partial charge on any atom is 0.198 e. The van der Waals surface area contributed by atoms with Crippen molar-refractivity contribution in [1.29, 1.82) is 0 Å². The fourth-order valence-electron chi connectivity index (χ4n) is 3.84. The van der Waals surface area contributed by atoms with Gasteiger partial charge in [0.05, 0.1) is 6.26 Å². The van der Waals surface area contributed by atoms with Crippen molar-refractivity contribution in [3.05, 3.63) is 65.3 Å². The Morgan fingerprint density at radius 1 is 1.16 bits per heavy atom. The van der Waals surface area contributed by atoms with Crippen LogP contribution >= 0.6 is 0 Å². The Morgan fingerprint density at radius 3 is 2.72 bits per heavy atom. The molecule has 4 heteroatoms. The summed E-state index contributed by atoms with van der Waals surface area (Å²) in [6.07, 6.45) is 2.87. The molecule has 4 nitrogen and oxygen atoms in total. The van der Waals surface area contributed by atoms with Crippen molar-refractivity contribution in [2.24, 2.45) is 5.41 Å². The molecule has 0 saturated carbocycles. The van der Waals surface area contributed by atoms with E-state index in [1.165, 1.54) is 6.26 Å². The van der Waals surface area contributed by atoms with Gasteiger partial charge in [0, 0.05) is 36.3 Å². The van der Waals surface area contributed by atoms with Gasteiger partial charge in [-0.3, -0.25) is 9.59 Å². The number of fused-ring (bicyclic) bond motifs is 1. The number of rotatable bonds is 3. The van der Waals surface area contributed by atoms with E-state index in [1.807, 2.05) is 24.3 Å². The third-order valence-corrected chi connectivity index (χ3v) is 4.94. The van der Waals surface area contributed by atoms with E-state index in [1.54, 1.807) is 12.1 Å². The molecule has 1 aromatic carbocycles. The van der Waals surface area contributed by atoms with E-state index in [2.05, 4.69) is 13.8 Å². The van der Waals surface area contributed by atoms with Crippen molar-refractivity contribution < 1.29 is 18.7 Å². The number of ether oxygens (including phenoxy) is 1. The SMILES string of the molecule is CC1(C)CC(=O)C2=C(C1)Oc1ccccc1C2CC(=O)c1ccco1. The first-order valence-corrected chi connectivity index (χ1v) is 8.54. The van der Waals surface area contributed by atoms with Gasteiger partial charge in [-0.15, -0.1) is 0 Å². The molecule has 0 amide bonds. The minimum Gasteiger partial charge on any atom is -0.461 e. The molecule has 2 aliphatic rings. The second-order valence-electron chi connectivity index (χ2n) is 7.57. The van der Waals surface area contributed by atoms with E-state index in [-0.39, 0.29) is 29.3 Å². The molecule has 128 valence electrons. The highest BCUT2D eigenvalue weighted by molar-refractivity contribution is 6.01. The van der Waals surface area contributed by atoms with E-state index >= 15 is 0 Å². The van der Waals surface area contributed by atoms with Gasteiger partial charge in [-0.25, -0.2) is 0 Å². The second-order valence-corrected chi connectivity index (χ2v) is 7.57. The monoisotopic (exact) mass is 336 g/mol. The lowest BCUT2D eigenvalue weighted by Crippen LogP contribution is -2.33. The molecule has 0 bridgehead atoms. The number of carbonyl (C=O) groups excluding carboxylic acids is 2. The quantitative estimate of drug-likeness (QED) is 0.764. The van der Waals surface area contributed by atoms with Crippen molar-refractivity contribution in [2.45, 2.75) is 39.0 Å². The molecular weight excluding hydrogens is 316 g/mol. The van der Waals surface area contributed by atoms with Crippen LogP contribution in [0.5, 0.6) is 5.75 Å². The Hall–Kier alpha value is -2.62. The lowest BCUT2D eigenvalue weighted by Gasteiger charge is -2.38. The molecule has 1 aliphatic carbocycles. The minimum absolute atomic E-state index is 0.0815. The Bertz CT molecular complexity index is 871. The van der Waals surface area contributed by atoms with Crippen LogP contribution < -0.4 is 4.74 Å². The zero-order chi connectivity index (χ0) is 17.6. The molecule has 0 fully saturated rings. The Labute approximate surface area is 146 Å². The number of hydrogen-bond acceptors (Lipinski definition) is 4. The van der Waals surface area contributed by atoms with Crippen LogP contribution in [-0.2, 0) is 4.79 Å². The van der Waals surface area contributed by atoms with Crippen molar-refractivity contribution in [3.8, 4) is 5.75 Å². The number of furan rings is 1. The van der Waals surface area contributed by atoms with E-state index in [9.17, 15) is 9.59 Å². The summed E-state index contributed by atoms with van der Waals surface area (Å²) < 4.78 is 11.3. The molecule has 0 radical (unpaired) electrons. The van der Waals surface area contributed by atoms with Gasteiger partial charge in [0.25, 0.3) is 0 Å². The molecular formula is C21H20O4. The molecule has 0 saturated heterocycles. The van der Waals surface area contributed by atoms with E-state index < -0.39 is 0 Å². The summed E-state index contributed by atoms with van der Waals surface area (Å²) in [5.41, 5.74) is 1.43. The average Bonchev–Trinajstić information content (AvgIpc) is 3.07. The average molecular weight is 336 g/mol. The lowest BCUT2D eigenvalue weighted by molar-refractivity contribution is -0.118. The van der Waals surface area contributed by atoms with Crippen LogP contribution in [0.15, 0.2) is 58.4 Å². The number of allylic oxidation sites excluding steroid dienone is 2. The number of benzene rings is 1. The first kappa shape index (κ1) is 15.9. The van der Waals surface area contributed by atoms with Gasteiger partial charge < -0.3 is 9.15 Å². The maximum absolute atomic E-state index is 12.9. The molecule has 1 aliphatic heterocycles. The summed E-state index contributed by atoms with van der Waals surface area (Å²) in [6, 6.07) is 11.0. The van der Waals surface area contributed by atoms with Crippen molar-refractivity contribution >= 4 is 11.6 Å². The lowest BCUT2D eigenvalue weighted by atomic mass is 9.70. The summed E-state index contributed by atoms with van der Waals surface area (Å²) in [4.78, 5) is 25.5. The molecule has 2 heterocycles. The summed E-state index contributed by atoms with van der Waals surface area (Å²) in [7, 11) is 0. The number of hydrogen-bond donors (Lipinski definition) is 0. The van der Waals surface area contributed by atoms with Gasteiger partial charge in [-0.05, 0) is 23.6 Å². The number of carbonyl (C=O) groups is 2. The maximum atomic E-state index is 12.9. The first-order valence-electron chi connectivity index (χ1n) is 8.54. The van der Waals surface area contributed by atoms with Crippen LogP contribution in [0.25, 0.3) is 0 Å². The number of para-hydroxylation sites is 1. The topological polar surface area (TPSA) is 56.5 Å². The molecule has 1 unspecified atom stereocenters. The zero-order valence-corrected chi connectivity index (χ0v) is 14.4. The third kappa shape index (κ3) is 2.82. The highest BCUT2D eigenvalue weighted by Crippen LogP contribution is 2.48. The van der Waals surface area contributed by atoms with Crippen LogP contribution in [0.3, 0.4) is 0 Å².